The monoisotopic (exact) mass is 293 g/mol. The van der Waals surface area contributed by atoms with Crippen LogP contribution in [-0.2, 0) is 6.42 Å². The molecular weight excluding hydrogens is 266 g/mol. The van der Waals surface area contributed by atoms with Crippen molar-refractivity contribution in [1.29, 1.82) is 0 Å². The SMILES string of the molecule is CCCCN(CCCC)c1cccc2c1Cc1ccccc1-2. The number of nitrogens with zero attached hydrogens (tertiary/aromatic N) is 1. The van der Waals surface area contributed by atoms with Gasteiger partial charge < -0.3 is 4.90 Å². The first-order valence-electron chi connectivity index (χ1n) is 8.80. The minimum atomic E-state index is 1.09. The maximum Gasteiger partial charge on any atom is 0.0408 e. The second kappa shape index (κ2) is 7.00. The van der Waals surface area contributed by atoms with Gasteiger partial charge in [-0.25, -0.2) is 0 Å². The van der Waals surface area contributed by atoms with E-state index < -0.39 is 0 Å². The highest BCUT2D eigenvalue weighted by Crippen LogP contribution is 2.41. The van der Waals surface area contributed by atoms with Crippen molar-refractivity contribution in [3.8, 4) is 11.1 Å². The first-order chi connectivity index (χ1) is 10.8. The van der Waals surface area contributed by atoms with Gasteiger partial charge in [0.15, 0.2) is 0 Å². The number of benzene rings is 2. The molecule has 0 N–H and O–H groups in total. The van der Waals surface area contributed by atoms with Gasteiger partial charge in [0.1, 0.15) is 0 Å². The van der Waals surface area contributed by atoms with Crippen molar-refractivity contribution >= 4 is 5.69 Å². The third kappa shape index (κ3) is 2.90. The third-order valence-corrected chi connectivity index (χ3v) is 4.73. The van der Waals surface area contributed by atoms with E-state index in [1.54, 1.807) is 0 Å². The summed E-state index contributed by atoms with van der Waals surface area (Å²) in [6.45, 7) is 6.93. The smallest absolute Gasteiger partial charge is 0.0408 e. The molecule has 3 rings (SSSR count). The molecule has 0 saturated heterocycles. The highest BCUT2D eigenvalue weighted by atomic mass is 15.1. The number of anilines is 1. The molecule has 0 bridgehead atoms. The highest BCUT2D eigenvalue weighted by Gasteiger charge is 2.22. The van der Waals surface area contributed by atoms with Gasteiger partial charge in [-0.15, -0.1) is 0 Å². The van der Waals surface area contributed by atoms with Crippen LogP contribution in [0.2, 0.25) is 0 Å². The lowest BCUT2D eigenvalue weighted by atomic mass is 10.0. The molecule has 2 aromatic rings. The molecule has 0 aromatic heterocycles. The second-order valence-corrected chi connectivity index (χ2v) is 6.33. The maximum absolute atomic E-state index is 2.62. The normalized spacial score (nSPS) is 12.1. The van der Waals surface area contributed by atoms with E-state index in [2.05, 4.69) is 61.2 Å². The van der Waals surface area contributed by atoms with E-state index in [4.69, 9.17) is 0 Å². The Morgan fingerprint density at radius 1 is 0.818 bits per heavy atom. The van der Waals surface area contributed by atoms with Crippen molar-refractivity contribution in [3.63, 3.8) is 0 Å². The minimum Gasteiger partial charge on any atom is -0.371 e. The van der Waals surface area contributed by atoms with Gasteiger partial charge in [0.25, 0.3) is 0 Å². The van der Waals surface area contributed by atoms with Crippen LogP contribution in [0.5, 0.6) is 0 Å². The largest absolute Gasteiger partial charge is 0.371 e. The van der Waals surface area contributed by atoms with Crippen LogP contribution in [-0.4, -0.2) is 13.1 Å². The maximum atomic E-state index is 2.62. The lowest BCUT2D eigenvalue weighted by Gasteiger charge is -2.27. The van der Waals surface area contributed by atoms with Crippen LogP contribution in [0, 0.1) is 0 Å². The molecule has 2 aromatic carbocycles. The van der Waals surface area contributed by atoms with Gasteiger partial charge in [0.2, 0.25) is 0 Å². The summed E-state index contributed by atoms with van der Waals surface area (Å²) in [6, 6.07) is 15.7. The number of rotatable bonds is 7. The summed E-state index contributed by atoms with van der Waals surface area (Å²) in [5.74, 6) is 0. The lowest BCUT2D eigenvalue weighted by molar-refractivity contribution is 0.676. The van der Waals surface area contributed by atoms with Crippen molar-refractivity contribution in [1.82, 2.24) is 0 Å². The number of hydrogen-bond donors (Lipinski definition) is 0. The lowest BCUT2D eigenvalue weighted by Crippen LogP contribution is -2.26. The molecule has 1 aliphatic carbocycles. The first kappa shape index (κ1) is 15.1. The van der Waals surface area contributed by atoms with Gasteiger partial charge in [-0.1, -0.05) is 63.1 Å². The summed E-state index contributed by atoms with van der Waals surface area (Å²) in [7, 11) is 0. The van der Waals surface area contributed by atoms with Gasteiger partial charge in [0.05, 0.1) is 0 Å². The Morgan fingerprint density at radius 3 is 2.23 bits per heavy atom. The van der Waals surface area contributed by atoms with Crippen LogP contribution in [0.4, 0.5) is 5.69 Å². The molecule has 0 radical (unpaired) electrons. The Labute approximate surface area is 135 Å². The van der Waals surface area contributed by atoms with Gasteiger partial charge in [-0.05, 0) is 41.2 Å². The number of hydrogen-bond acceptors (Lipinski definition) is 1. The summed E-state index contributed by atoms with van der Waals surface area (Å²) in [5, 5.41) is 0. The molecule has 0 amide bonds. The molecule has 1 heteroatoms. The fourth-order valence-electron chi connectivity index (χ4n) is 3.49. The summed E-state index contributed by atoms with van der Waals surface area (Å²) >= 11 is 0. The summed E-state index contributed by atoms with van der Waals surface area (Å²) in [5.41, 5.74) is 7.37. The molecule has 22 heavy (non-hydrogen) atoms. The van der Waals surface area contributed by atoms with E-state index in [0.717, 1.165) is 6.42 Å². The van der Waals surface area contributed by atoms with Crippen molar-refractivity contribution < 1.29 is 0 Å². The Kier molecular flexibility index (Phi) is 4.82. The zero-order valence-corrected chi connectivity index (χ0v) is 13.9. The van der Waals surface area contributed by atoms with Crippen LogP contribution in [0.25, 0.3) is 11.1 Å². The van der Waals surface area contributed by atoms with Gasteiger partial charge in [0, 0.05) is 25.2 Å². The predicted octanol–water partition coefficient (Wildman–Crippen LogP) is 5.66. The van der Waals surface area contributed by atoms with Gasteiger partial charge in [-0.3, -0.25) is 0 Å². The van der Waals surface area contributed by atoms with Crippen LogP contribution < -0.4 is 4.90 Å². The summed E-state index contributed by atoms with van der Waals surface area (Å²) in [4.78, 5) is 2.62. The molecule has 0 saturated carbocycles. The average Bonchev–Trinajstić information content (AvgIpc) is 2.94. The highest BCUT2D eigenvalue weighted by molar-refractivity contribution is 5.82. The molecule has 1 aliphatic rings. The Balaban J connectivity index is 1.94. The molecule has 0 atom stereocenters. The zero-order chi connectivity index (χ0) is 15.4. The van der Waals surface area contributed by atoms with Crippen LogP contribution in [0.1, 0.15) is 50.7 Å². The van der Waals surface area contributed by atoms with Crippen molar-refractivity contribution in [2.45, 2.75) is 46.0 Å². The Bertz CT molecular complexity index is 622. The average molecular weight is 293 g/mol. The fraction of sp³-hybridized carbons (Fsp3) is 0.429. The van der Waals surface area contributed by atoms with Crippen LogP contribution >= 0.6 is 0 Å². The van der Waals surface area contributed by atoms with Crippen LogP contribution in [0.3, 0.4) is 0 Å². The van der Waals surface area contributed by atoms with Gasteiger partial charge in [-0.2, -0.15) is 0 Å². The minimum absolute atomic E-state index is 1.09. The standard InChI is InChI=1S/C21H27N/c1-3-5-14-22(15-6-4-2)21-13-9-12-19-18-11-8-7-10-17(18)16-20(19)21/h7-13H,3-6,14-16H2,1-2H3. The van der Waals surface area contributed by atoms with E-state index in [9.17, 15) is 0 Å². The number of fused-ring (bicyclic) bond motifs is 3. The topological polar surface area (TPSA) is 3.24 Å². The van der Waals surface area contributed by atoms with Crippen molar-refractivity contribution in [3.05, 3.63) is 53.6 Å². The molecule has 0 spiro atoms. The summed E-state index contributed by atoms with van der Waals surface area (Å²) < 4.78 is 0. The fourth-order valence-corrected chi connectivity index (χ4v) is 3.49. The first-order valence-corrected chi connectivity index (χ1v) is 8.80. The predicted molar refractivity (Wildman–Crippen MR) is 96.7 cm³/mol. The van der Waals surface area contributed by atoms with Crippen molar-refractivity contribution in [2.24, 2.45) is 0 Å². The number of unbranched alkanes of at least 4 members (excludes halogenated alkanes) is 2. The van der Waals surface area contributed by atoms with Crippen molar-refractivity contribution in [2.75, 3.05) is 18.0 Å². The van der Waals surface area contributed by atoms with Crippen LogP contribution in [0.15, 0.2) is 42.5 Å². The third-order valence-electron chi connectivity index (χ3n) is 4.73. The molecule has 0 aliphatic heterocycles. The Morgan fingerprint density at radius 2 is 1.50 bits per heavy atom. The van der Waals surface area contributed by atoms with E-state index in [0.29, 0.717) is 0 Å². The molecule has 1 nitrogen and oxygen atoms in total. The molecular formula is C21H27N. The Hall–Kier alpha value is -1.76. The molecule has 0 heterocycles. The van der Waals surface area contributed by atoms with E-state index in [1.807, 2.05) is 0 Å². The zero-order valence-electron chi connectivity index (χ0n) is 13.9. The van der Waals surface area contributed by atoms with E-state index >= 15 is 0 Å². The molecule has 0 fully saturated rings. The van der Waals surface area contributed by atoms with E-state index in [1.165, 1.54) is 66.7 Å². The second-order valence-electron chi connectivity index (χ2n) is 6.33. The van der Waals surface area contributed by atoms with E-state index in [-0.39, 0.29) is 0 Å². The summed E-state index contributed by atoms with van der Waals surface area (Å²) in [6.07, 6.45) is 6.17. The molecule has 0 unspecified atom stereocenters. The van der Waals surface area contributed by atoms with Gasteiger partial charge >= 0.3 is 0 Å². The molecule has 116 valence electrons. The quantitative estimate of drug-likeness (QED) is 0.543.